The SMILES string of the molecule is COc1cccc(C(C)O)c1OC1CCCOC1. The van der Waals surface area contributed by atoms with Crippen molar-refractivity contribution in [2.75, 3.05) is 20.3 Å². The average Bonchev–Trinajstić information content (AvgIpc) is 2.40. The molecule has 1 fully saturated rings. The summed E-state index contributed by atoms with van der Waals surface area (Å²) < 4.78 is 16.7. The Hall–Kier alpha value is -1.26. The van der Waals surface area contributed by atoms with Crippen molar-refractivity contribution in [1.29, 1.82) is 0 Å². The molecule has 0 amide bonds. The number of ether oxygens (including phenoxy) is 3. The van der Waals surface area contributed by atoms with Gasteiger partial charge in [-0.1, -0.05) is 12.1 Å². The Bertz CT molecular complexity index is 383. The van der Waals surface area contributed by atoms with Gasteiger partial charge >= 0.3 is 0 Å². The highest BCUT2D eigenvalue weighted by molar-refractivity contribution is 5.47. The van der Waals surface area contributed by atoms with Crippen molar-refractivity contribution in [2.45, 2.75) is 32.0 Å². The van der Waals surface area contributed by atoms with E-state index in [1.165, 1.54) is 0 Å². The monoisotopic (exact) mass is 252 g/mol. The van der Waals surface area contributed by atoms with Crippen molar-refractivity contribution in [3.8, 4) is 11.5 Å². The molecular weight excluding hydrogens is 232 g/mol. The molecule has 2 atom stereocenters. The Morgan fingerprint density at radius 3 is 2.89 bits per heavy atom. The van der Waals surface area contributed by atoms with Crippen molar-refractivity contribution < 1.29 is 19.3 Å². The fourth-order valence-corrected chi connectivity index (χ4v) is 2.12. The lowest BCUT2D eigenvalue weighted by Gasteiger charge is -2.26. The lowest BCUT2D eigenvalue weighted by molar-refractivity contribution is 0.00508. The first-order chi connectivity index (χ1) is 8.72. The van der Waals surface area contributed by atoms with Gasteiger partial charge in [0.1, 0.15) is 6.10 Å². The smallest absolute Gasteiger partial charge is 0.167 e. The summed E-state index contributed by atoms with van der Waals surface area (Å²) in [6.45, 7) is 3.12. The summed E-state index contributed by atoms with van der Waals surface area (Å²) >= 11 is 0. The molecule has 1 aliphatic rings. The molecule has 18 heavy (non-hydrogen) atoms. The Labute approximate surface area is 107 Å². The van der Waals surface area contributed by atoms with Crippen LogP contribution in [0.25, 0.3) is 0 Å². The minimum absolute atomic E-state index is 0.0348. The fraction of sp³-hybridized carbons (Fsp3) is 0.571. The molecule has 0 saturated carbocycles. The molecule has 100 valence electrons. The van der Waals surface area contributed by atoms with Crippen LogP contribution in [-0.2, 0) is 4.74 Å². The normalized spacial score (nSPS) is 21.4. The van der Waals surface area contributed by atoms with Crippen molar-refractivity contribution in [3.63, 3.8) is 0 Å². The van der Waals surface area contributed by atoms with Crippen LogP contribution in [0.4, 0.5) is 0 Å². The van der Waals surface area contributed by atoms with Gasteiger partial charge in [-0.2, -0.15) is 0 Å². The number of para-hydroxylation sites is 1. The second kappa shape index (κ2) is 6.07. The van der Waals surface area contributed by atoms with E-state index in [-0.39, 0.29) is 6.10 Å². The van der Waals surface area contributed by atoms with Gasteiger partial charge in [-0.25, -0.2) is 0 Å². The van der Waals surface area contributed by atoms with Crippen LogP contribution >= 0.6 is 0 Å². The third kappa shape index (κ3) is 2.94. The first-order valence-electron chi connectivity index (χ1n) is 6.31. The van der Waals surface area contributed by atoms with E-state index in [0.717, 1.165) is 25.0 Å². The third-order valence-corrected chi connectivity index (χ3v) is 3.08. The quantitative estimate of drug-likeness (QED) is 0.893. The van der Waals surface area contributed by atoms with Crippen LogP contribution < -0.4 is 9.47 Å². The second-order valence-corrected chi connectivity index (χ2v) is 4.51. The summed E-state index contributed by atoms with van der Waals surface area (Å²) in [7, 11) is 1.60. The van der Waals surface area contributed by atoms with Crippen LogP contribution in [0.3, 0.4) is 0 Å². The predicted molar refractivity (Wildman–Crippen MR) is 68.1 cm³/mol. The maximum absolute atomic E-state index is 9.79. The first kappa shape index (κ1) is 13.2. The van der Waals surface area contributed by atoms with E-state index < -0.39 is 6.10 Å². The van der Waals surface area contributed by atoms with Gasteiger partial charge in [0, 0.05) is 12.2 Å². The summed E-state index contributed by atoms with van der Waals surface area (Å²) in [6, 6.07) is 5.54. The zero-order chi connectivity index (χ0) is 13.0. The van der Waals surface area contributed by atoms with Crippen LogP contribution in [0, 0.1) is 0 Å². The molecule has 2 rings (SSSR count). The number of methoxy groups -OCH3 is 1. The van der Waals surface area contributed by atoms with E-state index in [4.69, 9.17) is 14.2 Å². The van der Waals surface area contributed by atoms with Crippen molar-refractivity contribution >= 4 is 0 Å². The van der Waals surface area contributed by atoms with E-state index in [2.05, 4.69) is 0 Å². The second-order valence-electron chi connectivity index (χ2n) is 4.51. The van der Waals surface area contributed by atoms with Gasteiger partial charge in [0.15, 0.2) is 11.5 Å². The molecule has 0 radical (unpaired) electrons. The molecule has 0 bridgehead atoms. The Morgan fingerprint density at radius 2 is 2.28 bits per heavy atom. The minimum Gasteiger partial charge on any atom is -0.493 e. The molecule has 0 aliphatic carbocycles. The van der Waals surface area contributed by atoms with Gasteiger partial charge in [-0.05, 0) is 25.8 Å². The maximum Gasteiger partial charge on any atom is 0.167 e. The molecular formula is C14H20O4. The van der Waals surface area contributed by atoms with Crippen LogP contribution in [0.5, 0.6) is 11.5 Å². The van der Waals surface area contributed by atoms with Crippen LogP contribution in [0.1, 0.15) is 31.4 Å². The largest absolute Gasteiger partial charge is 0.493 e. The standard InChI is InChI=1S/C14H20O4/c1-10(15)12-6-3-7-13(16-2)14(12)18-11-5-4-8-17-9-11/h3,6-7,10-11,15H,4-5,8-9H2,1-2H3. The summed E-state index contributed by atoms with van der Waals surface area (Å²) in [5.41, 5.74) is 0.750. The molecule has 1 aliphatic heterocycles. The lowest BCUT2D eigenvalue weighted by atomic mass is 10.1. The van der Waals surface area contributed by atoms with Gasteiger partial charge in [0.25, 0.3) is 0 Å². The van der Waals surface area contributed by atoms with E-state index in [1.54, 1.807) is 14.0 Å². The molecule has 4 nitrogen and oxygen atoms in total. The highest BCUT2D eigenvalue weighted by Crippen LogP contribution is 2.36. The number of rotatable bonds is 4. The van der Waals surface area contributed by atoms with E-state index in [0.29, 0.717) is 18.1 Å². The third-order valence-electron chi connectivity index (χ3n) is 3.08. The molecule has 1 aromatic carbocycles. The summed E-state index contributed by atoms with van der Waals surface area (Å²) in [5.74, 6) is 1.28. The average molecular weight is 252 g/mol. The molecule has 1 saturated heterocycles. The highest BCUT2D eigenvalue weighted by atomic mass is 16.5. The number of hydrogen-bond donors (Lipinski definition) is 1. The fourth-order valence-electron chi connectivity index (χ4n) is 2.12. The minimum atomic E-state index is -0.584. The van der Waals surface area contributed by atoms with Gasteiger partial charge < -0.3 is 19.3 Å². The first-order valence-corrected chi connectivity index (χ1v) is 6.31. The zero-order valence-electron chi connectivity index (χ0n) is 10.9. The Kier molecular flexibility index (Phi) is 4.44. The predicted octanol–water partition coefficient (Wildman–Crippen LogP) is 2.31. The Balaban J connectivity index is 2.22. The van der Waals surface area contributed by atoms with E-state index in [9.17, 15) is 5.11 Å². The molecule has 1 N–H and O–H groups in total. The topological polar surface area (TPSA) is 47.9 Å². The van der Waals surface area contributed by atoms with Crippen molar-refractivity contribution in [1.82, 2.24) is 0 Å². The molecule has 1 aromatic rings. The molecule has 0 aromatic heterocycles. The van der Waals surface area contributed by atoms with E-state index >= 15 is 0 Å². The van der Waals surface area contributed by atoms with Crippen LogP contribution in [-0.4, -0.2) is 31.5 Å². The summed E-state index contributed by atoms with van der Waals surface area (Å²) in [4.78, 5) is 0. The number of benzene rings is 1. The highest BCUT2D eigenvalue weighted by Gasteiger charge is 2.21. The van der Waals surface area contributed by atoms with Gasteiger partial charge in [0.05, 0.1) is 19.8 Å². The summed E-state index contributed by atoms with van der Waals surface area (Å²) in [5, 5.41) is 9.79. The van der Waals surface area contributed by atoms with Gasteiger partial charge in [-0.15, -0.1) is 0 Å². The van der Waals surface area contributed by atoms with Crippen LogP contribution in [0.2, 0.25) is 0 Å². The van der Waals surface area contributed by atoms with E-state index in [1.807, 2.05) is 18.2 Å². The summed E-state index contributed by atoms with van der Waals surface area (Å²) in [6.07, 6.45) is 1.42. The lowest BCUT2D eigenvalue weighted by Crippen LogP contribution is -2.28. The van der Waals surface area contributed by atoms with Crippen molar-refractivity contribution in [2.24, 2.45) is 0 Å². The van der Waals surface area contributed by atoms with Gasteiger partial charge in [-0.3, -0.25) is 0 Å². The van der Waals surface area contributed by atoms with Crippen LogP contribution in [0.15, 0.2) is 18.2 Å². The van der Waals surface area contributed by atoms with Gasteiger partial charge in [0.2, 0.25) is 0 Å². The van der Waals surface area contributed by atoms with Crippen molar-refractivity contribution in [3.05, 3.63) is 23.8 Å². The maximum atomic E-state index is 9.79. The molecule has 4 heteroatoms. The number of aliphatic hydroxyl groups is 1. The molecule has 1 heterocycles. The Morgan fingerprint density at radius 1 is 1.44 bits per heavy atom. The molecule has 2 unspecified atom stereocenters. The molecule has 0 spiro atoms. The number of hydrogen-bond acceptors (Lipinski definition) is 4. The number of aliphatic hydroxyl groups excluding tert-OH is 1. The zero-order valence-corrected chi connectivity index (χ0v) is 10.9.